The molecule has 3 aromatic carbocycles. The molecule has 166 valence electrons. The van der Waals surface area contributed by atoms with E-state index >= 15 is 0 Å². The van der Waals surface area contributed by atoms with Gasteiger partial charge in [-0.15, -0.1) is 0 Å². The first kappa shape index (κ1) is 21.7. The van der Waals surface area contributed by atoms with E-state index in [0.29, 0.717) is 23.5 Å². The molecule has 1 heterocycles. The quantitative estimate of drug-likeness (QED) is 0.567. The van der Waals surface area contributed by atoms with Gasteiger partial charge in [-0.1, -0.05) is 38.1 Å². The molecule has 3 aromatic rings. The Kier molecular flexibility index (Phi) is 5.80. The van der Waals surface area contributed by atoms with Crippen molar-refractivity contribution in [3.05, 3.63) is 83.9 Å². The van der Waals surface area contributed by atoms with E-state index in [-0.39, 0.29) is 23.0 Å². The van der Waals surface area contributed by atoms with Gasteiger partial charge < -0.3 is 14.8 Å². The van der Waals surface area contributed by atoms with E-state index in [4.69, 9.17) is 9.47 Å². The molecule has 1 amide bonds. The second-order valence-corrected chi connectivity index (χ2v) is 9.81. The summed E-state index contributed by atoms with van der Waals surface area (Å²) in [6.45, 7) is 4.69. The highest BCUT2D eigenvalue weighted by Gasteiger charge is 2.25. The van der Waals surface area contributed by atoms with Crippen molar-refractivity contribution in [3.63, 3.8) is 0 Å². The largest absolute Gasteiger partial charge is 0.454 e. The Hall–Kier alpha value is -3.52. The van der Waals surface area contributed by atoms with Gasteiger partial charge in [-0.25, -0.2) is 8.42 Å². The Morgan fingerprint density at radius 2 is 1.62 bits per heavy atom. The van der Waals surface area contributed by atoms with E-state index in [1.54, 1.807) is 42.5 Å². The Morgan fingerprint density at radius 3 is 2.34 bits per heavy atom. The van der Waals surface area contributed by atoms with Crippen LogP contribution in [0.15, 0.2) is 77.7 Å². The first-order chi connectivity index (χ1) is 15.2. The summed E-state index contributed by atoms with van der Waals surface area (Å²) in [7, 11) is -3.68. The van der Waals surface area contributed by atoms with Crippen LogP contribution in [0.1, 0.15) is 29.8 Å². The number of sulfonamides is 1. The lowest BCUT2D eigenvalue weighted by molar-refractivity contribution is 0.0945. The molecule has 2 N–H and O–H groups in total. The van der Waals surface area contributed by atoms with Crippen LogP contribution in [0.5, 0.6) is 11.5 Å². The number of fused-ring (bicyclic) bond motifs is 1. The van der Waals surface area contributed by atoms with Gasteiger partial charge in [0, 0.05) is 23.2 Å². The summed E-state index contributed by atoms with van der Waals surface area (Å²) in [6.07, 6.45) is 0. The van der Waals surface area contributed by atoms with Crippen molar-refractivity contribution in [1.82, 2.24) is 5.32 Å². The molecule has 1 aliphatic rings. The maximum Gasteiger partial charge on any atom is 0.261 e. The standard InChI is InChI=1S/C24H24N2O5S/c1-24(2,18-10-13-21-22(14-18)31-16-30-21)15-25-23(27)17-8-11-19(12-9-17)26-32(28,29)20-6-4-3-5-7-20/h3-14,26H,15-16H2,1-2H3,(H,25,27). The van der Waals surface area contributed by atoms with Crippen LogP contribution in [0.2, 0.25) is 0 Å². The Morgan fingerprint density at radius 1 is 0.938 bits per heavy atom. The monoisotopic (exact) mass is 452 g/mol. The Balaban J connectivity index is 1.38. The second-order valence-electron chi connectivity index (χ2n) is 8.13. The van der Waals surface area contributed by atoms with Crippen LogP contribution >= 0.6 is 0 Å². The van der Waals surface area contributed by atoms with E-state index in [9.17, 15) is 13.2 Å². The minimum absolute atomic E-state index is 0.174. The zero-order valence-electron chi connectivity index (χ0n) is 17.8. The minimum Gasteiger partial charge on any atom is -0.454 e. The maximum absolute atomic E-state index is 12.6. The van der Waals surface area contributed by atoms with Gasteiger partial charge in [-0.05, 0) is 54.1 Å². The zero-order chi connectivity index (χ0) is 22.8. The number of amides is 1. The Labute approximate surface area is 187 Å². The van der Waals surface area contributed by atoms with Crippen LogP contribution in [-0.2, 0) is 15.4 Å². The van der Waals surface area contributed by atoms with Gasteiger partial charge in [0.2, 0.25) is 6.79 Å². The predicted molar refractivity (Wildman–Crippen MR) is 122 cm³/mol. The van der Waals surface area contributed by atoms with Crippen molar-refractivity contribution in [3.8, 4) is 11.5 Å². The fraction of sp³-hybridized carbons (Fsp3) is 0.208. The summed E-state index contributed by atoms with van der Waals surface area (Å²) in [5.74, 6) is 1.18. The van der Waals surface area contributed by atoms with Gasteiger partial charge >= 0.3 is 0 Å². The van der Waals surface area contributed by atoms with E-state index in [0.717, 1.165) is 11.3 Å². The van der Waals surface area contributed by atoms with Crippen LogP contribution in [-0.4, -0.2) is 27.7 Å². The smallest absolute Gasteiger partial charge is 0.261 e. The molecule has 0 bridgehead atoms. The summed E-state index contributed by atoms with van der Waals surface area (Å²) in [5.41, 5.74) is 1.51. The molecular weight excluding hydrogens is 428 g/mol. The van der Waals surface area contributed by atoms with Crippen LogP contribution in [0.3, 0.4) is 0 Å². The molecule has 0 saturated carbocycles. The molecule has 32 heavy (non-hydrogen) atoms. The molecule has 0 spiro atoms. The van der Waals surface area contributed by atoms with Gasteiger partial charge in [0.1, 0.15) is 0 Å². The van der Waals surface area contributed by atoms with Crippen molar-refractivity contribution in [1.29, 1.82) is 0 Å². The fourth-order valence-electron chi connectivity index (χ4n) is 3.33. The summed E-state index contributed by atoms with van der Waals surface area (Å²) in [6, 6.07) is 20.2. The lowest BCUT2D eigenvalue weighted by Gasteiger charge is -2.26. The molecule has 0 aliphatic carbocycles. The third-order valence-electron chi connectivity index (χ3n) is 5.30. The van der Waals surface area contributed by atoms with Gasteiger partial charge in [0.15, 0.2) is 11.5 Å². The van der Waals surface area contributed by atoms with Crippen molar-refractivity contribution < 1.29 is 22.7 Å². The number of nitrogens with one attached hydrogen (secondary N) is 2. The van der Waals surface area contributed by atoms with Crippen molar-refractivity contribution in [2.24, 2.45) is 0 Å². The molecule has 0 saturated heterocycles. The second kappa shape index (κ2) is 8.55. The maximum atomic E-state index is 12.6. The normalized spacial score (nSPS) is 12.9. The molecule has 0 aromatic heterocycles. The summed E-state index contributed by atoms with van der Waals surface area (Å²) >= 11 is 0. The highest BCUT2D eigenvalue weighted by atomic mass is 32.2. The fourth-order valence-corrected chi connectivity index (χ4v) is 4.41. The predicted octanol–water partition coefficient (Wildman–Crippen LogP) is 3.92. The van der Waals surface area contributed by atoms with Crippen LogP contribution in [0, 0.1) is 0 Å². The topological polar surface area (TPSA) is 93.7 Å². The third-order valence-corrected chi connectivity index (χ3v) is 6.69. The molecule has 0 fully saturated rings. The molecule has 7 nitrogen and oxygen atoms in total. The number of hydrogen-bond donors (Lipinski definition) is 2. The molecule has 1 aliphatic heterocycles. The van der Waals surface area contributed by atoms with Gasteiger partial charge in [-0.3, -0.25) is 9.52 Å². The summed E-state index contributed by atoms with van der Waals surface area (Å²) in [4.78, 5) is 12.8. The number of rotatable bonds is 7. The lowest BCUT2D eigenvalue weighted by atomic mass is 9.84. The van der Waals surface area contributed by atoms with Crippen molar-refractivity contribution in [2.45, 2.75) is 24.2 Å². The number of anilines is 1. The van der Waals surface area contributed by atoms with Gasteiger partial charge in [-0.2, -0.15) is 0 Å². The first-order valence-corrected chi connectivity index (χ1v) is 11.6. The SMILES string of the molecule is CC(C)(CNC(=O)c1ccc(NS(=O)(=O)c2ccccc2)cc1)c1ccc2c(c1)OCO2. The number of hydrogen-bond acceptors (Lipinski definition) is 5. The van der Waals surface area contributed by atoms with E-state index < -0.39 is 10.0 Å². The lowest BCUT2D eigenvalue weighted by Crippen LogP contribution is -2.36. The molecular formula is C24H24N2O5S. The van der Waals surface area contributed by atoms with Gasteiger partial charge in [0.25, 0.3) is 15.9 Å². The number of carbonyl (C=O) groups excluding carboxylic acids is 1. The highest BCUT2D eigenvalue weighted by Crippen LogP contribution is 2.36. The van der Waals surface area contributed by atoms with Crippen molar-refractivity contribution in [2.75, 3.05) is 18.1 Å². The van der Waals surface area contributed by atoms with Crippen LogP contribution in [0.4, 0.5) is 5.69 Å². The third kappa shape index (κ3) is 4.70. The number of ether oxygens (including phenoxy) is 2. The molecule has 0 unspecified atom stereocenters. The average Bonchev–Trinajstić information content (AvgIpc) is 3.26. The number of carbonyl (C=O) groups is 1. The first-order valence-electron chi connectivity index (χ1n) is 10.1. The van der Waals surface area contributed by atoms with Crippen LogP contribution < -0.4 is 19.5 Å². The van der Waals surface area contributed by atoms with Crippen LogP contribution in [0.25, 0.3) is 0 Å². The average molecular weight is 453 g/mol. The summed E-state index contributed by atoms with van der Waals surface area (Å²) < 4.78 is 38.2. The Bertz CT molecular complexity index is 1220. The molecule has 0 atom stereocenters. The molecule has 8 heteroatoms. The number of benzene rings is 3. The van der Waals surface area contributed by atoms with Gasteiger partial charge in [0.05, 0.1) is 4.90 Å². The molecule has 4 rings (SSSR count). The van der Waals surface area contributed by atoms with E-state index in [1.165, 1.54) is 12.1 Å². The zero-order valence-corrected chi connectivity index (χ0v) is 18.6. The minimum atomic E-state index is -3.68. The summed E-state index contributed by atoms with van der Waals surface area (Å²) in [5, 5.41) is 2.95. The van der Waals surface area contributed by atoms with E-state index in [2.05, 4.69) is 10.0 Å². The van der Waals surface area contributed by atoms with E-state index in [1.807, 2.05) is 32.0 Å². The highest BCUT2D eigenvalue weighted by molar-refractivity contribution is 7.92. The van der Waals surface area contributed by atoms with Crippen molar-refractivity contribution >= 4 is 21.6 Å². The molecule has 0 radical (unpaired) electrons.